The lowest BCUT2D eigenvalue weighted by atomic mass is 10.1. The first kappa shape index (κ1) is 19.4. The van der Waals surface area contributed by atoms with E-state index in [4.69, 9.17) is 9.47 Å². The van der Waals surface area contributed by atoms with Crippen LogP contribution in [0, 0.1) is 13.8 Å². The number of hydrogen-bond donors (Lipinski definition) is 0. The molecule has 0 fully saturated rings. The van der Waals surface area contributed by atoms with Crippen molar-refractivity contribution < 1.29 is 19.1 Å². The van der Waals surface area contributed by atoms with Gasteiger partial charge in [0.15, 0.2) is 12.6 Å². The SMILES string of the molecule is Cc1cccc(OCc2ccc(COc3cccc(C)c3C=O)cc2)c1C=O. The molecular formula is C24H22O4. The topological polar surface area (TPSA) is 52.6 Å². The minimum Gasteiger partial charge on any atom is -0.488 e. The Labute approximate surface area is 164 Å². The highest BCUT2D eigenvalue weighted by molar-refractivity contribution is 5.82. The lowest BCUT2D eigenvalue weighted by Crippen LogP contribution is -2.01. The second-order valence-corrected chi connectivity index (χ2v) is 6.60. The van der Waals surface area contributed by atoms with Crippen LogP contribution in [0.3, 0.4) is 0 Å². The van der Waals surface area contributed by atoms with Gasteiger partial charge in [-0.05, 0) is 48.2 Å². The van der Waals surface area contributed by atoms with Crippen LogP contribution in [0.5, 0.6) is 11.5 Å². The molecule has 4 heteroatoms. The van der Waals surface area contributed by atoms with Crippen LogP contribution in [0.15, 0.2) is 60.7 Å². The number of ether oxygens (including phenoxy) is 2. The van der Waals surface area contributed by atoms with Crippen molar-refractivity contribution in [3.8, 4) is 11.5 Å². The maximum Gasteiger partial charge on any atom is 0.154 e. The van der Waals surface area contributed by atoms with Gasteiger partial charge < -0.3 is 9.47 Å². The highest BCUT2D eigenvalue weighted by Gasteiger charge is 2.07. The molecule has 3 rings (SSSR count). The van der Waals surface area contributed by atoms with Crippen LogP contribution in [-0.2, 0) is 13.2 Å². The van der Waals surface area contributed by atoms with Gasteiger partial charge in [-0.1, -0.05) is 48.5 Å². The molecule has 3 aromatic carbocycles. The van der Waals surface area contributed by atoms with E-state index in [-0.39, 0.29) is 0 Å². The van der Waals surface area contributed by atoms with E-state index in [1.807, 2.05) is 62.4 Å². The van der Waals surface area contributed by atoms with Gasteiger partial charge in [-0.2, -0.15) is 0 Å². The Bertz CT molecular complexity index is 894. The molecule has 0 aromatic heterocycles. The third-order valence-corrected chi connectivity index (χ3v) is 4.62. The van der Waals surface area contributed by atoms with Crippen molar-refractivity contribution in [2.75, 3.05) is 0 Å². The van der Waals surface area contributed by atoms with E-state index in [1.165, 1.54) is 0 Å². The van der Waals surface area contributed by atoms with E-state index < -0.39 is 0 Å². The van der Waals surface area contributed by atoms with E-state index >= 15 is 0 Å². The van der Waals surface area contributed by atoms with Crippen molar-refractivity contribution in [3.63, 3.8) is 0 Å². The van der Waals surface area contributed by atoms with Crippen molar-refractivity contribution in [1.82, 2.24) is 0 Å². The van der Waals surface area contributed by atoms with Crippen LogP contribution in [0.4, 0.5) is 0 Å². The molecule has 142 valence electrons. The highest BCUT2D eigenvalue weighted by atomic mass is 16.5. The van der Waals surface area contributed by atoms with Gasteiger partial charge in [0.1, 0.15) is 24.7 Å². The molecule has 0 bridgehead atoms. The maximum absolute atomic E-state index is 11.2. The number of rotatable bonds is 8. The Morgan fingerprint density at radius 2 is 1.04 bits per heavy atom. The highest BCUT2D eigenvalue weighted by Crippen LogP contribution is 2.23. The number of aryl methyl sites for hydroxylation is 2. The van der Waals surface area contributed by atoms with Gasteiger partial charge in [0.05, 0.1) is 11.1 Å². The lowest BCUT2D eigenvalue weighted by molar-refractivity contribution is 0.111. The van der Waals surface area contributed by atoms with Crippen LogP contribution < -0.4 is 9.47 Å². The summed E-state index contributed by atoms with van der Waals surface area (Å²) in [5.41, 5.74) is 4.93. The first-order valence-electron chi connectivity index (χ1n) is 9.05. The summed E-state index contributed by atoms with van der Waals surface area (Å²) in [5, 5.41) is 0. The van der Waals surface area contributed by atoms with Gasteiger partial charge in [-0.25, -0.2) is 0 Å². The summed E-state index contributed by atoms with van der Waals surface area (Å²) in [6.07, 6.45) is 1.65. The van der Waals surface area contributed by atoms with Crippen molar-refractivity contribution in [1.29, 1.82) is 0 Å². The van der Waals surface area contributed by atoms with Crippen LogP contribution in [0.25, 0.3) is 0 Å². The summed E-state index contributed by atoms with van der Waals surface area (Å²) < 4.78 is 11.6. The quantitative estimate of drug-likeness (QED) is 0.516. The molecule has 0 saturated heterocycles. The Kier molecular flexibility index (Phi) is 6.22. The molecule has 0 aliphatic carbocycles. The minimum atomic E-state index is 0.374. The molecule has 0 aliphatic heterocycles. The normalized spacial score (nSPS) is 10.4. The first-order chi connectivity index (χ1) is 13.6. The summed E-state index contributed by atoms with van der Waals surface area (Å²) >= 11 is 0. The Morgan fingerprint density at radius 1 is 0.643 bits per heavy atom. The molecule has 0 atom stereocenters. The van der Waals surface area contributed by atoms with Crippen LogP contribution in [-0.4, -0.2) is 12.6 Å². The van der Waals surface area contributed by atoms with Crippen LogP contribution in [0.2, 0.25) is 0 Å². The molecular weight excluding hydrogens is 352 g/mol. The van der Waals surface area contributed by atoms with Crippen molar-refractivity contribution in [3.05, 3.63) is 94.0 Å². The maximum atomic E-state index is 11.2. The van der Waals surface area contributed by atoms with E-state index in [2.05, 4.69) is 0 Å². The van der Waals surface area contributed by atoms with E-state index in [9.17, 15) is 9.59 Å². The number of carbonyl (C=O) groups is 2. The summed E-state index contributed by atoms with van der Waals surface area (Å²) in [6, 6.07) is 19.0. The zero-order valence-corrected chi connectivity index (χ0v) is 16.0. The molecule has 0 amide bonds. The van der Waals surface area contributed by atoms with Crippen molar-refractivity contribution in [2.45, 2.75) is 27.1 Å². The monoisotopic (exact) mass is 374 g/mol. The smallest absolute Gasteiger partial charge is 0.154 e. The largest absolute Gasteiger partial charge is 0.488 e. The standard InChI is InChI=1S/C24H22O4/c1-17-5-3-7-23(21(17)13-25)27-15-19-9-11-20(12-10-19)16-28-24-8-4-6-18(2)22(24)14-26/h3-14H,15-16H2,1-2H3. The van der Waals surface area contributed by atoms with E-state index in [0.717, 1.165) is 34.8 Å². The minimum absolute atomic E-state index is 0.374. The van der Waals surface area contributed by atoms with Gasteiger partial charge in [0.25, 0.3) is 0 Å². The molecule has 28 heavy (non-hydrogen) atoms. The number of aldehydes is 2. The van der Waals surface area contributed by atoms with Gasteiger partial charge >= 0.3 is 0 Å². The number of carbonyl (C=O) groups excluding carboxylic acids is 2. The molecule has 3 aromatic rings. The molecule has 4 nitrogen and oxygen atoms in total. The van der Waals surface area contributed by atoms with Crippen molar-refractivity contribution >= 4 is 12.6 Å². The second-order valence-electron chi connectivity index (χ2n) is 6.60. The fourth-order valence-electron chi connectivity index (χ4n) is 2.92. The zero-order chi connectivity index (χ0) is 19.9. The van der Waals surface area contributed by atoms with Crippen molar-refractivity contribution in [2.24, 2.45) is 0 Å². The predicted molar refractivity (Wildman–Crippen MR) is 108 cm³/mol. The summed E-state index contributed by atoms with van der Waals surface area (Å²) in [5.74, 6) is 1.17. The molecule has 0 N–H and O–H groups in total. The summed E-state index contributed by atoms with van der Waals surface area (Å²) in [4.78, 5) is 22.5. The van der Waals surface area contributed by atoms with E-state index in [0.29, 0.717) is 35.8 Å². The Morgan fingerprint density at radius 3 is 1.39 bits per heavy atom. The average molecular weight is 374 g/mol. The molecule has 0 heterocycles. The van der Waals surface area contributed by atoms with Gasteiger partial charge in [0, 0.05) is 0 Å². The first-order valence-corrected chi connectivity index (χ1v) is 9.05. The second kappa shape index (κ2) is 9.00. The Balaban J connectivity index is 1.62. The fraction of sp³-hybridized carbons (Fsp3) is 0.167. The molecule has 0 radical (unpaired) electrons. The van der Waals surface area contributed by atoms with Gasteiger partial charge in [0.2, 0.25) is 0 Å². The molecule has 0 unspecified atom stereocenters. The van der Waals surface area contributed by atoms with Crippen LogP contribution >= 0.6 is 0 Å². The van der Waals surface area contributed by atoms with E-state index in [1.54, 1.807) is 12.1 Å². The average Bonchev–Trinajstić information content (AvgIpc) is 2.71. The Hall–Kier alpha value is -3.40. The summed E-state index contributed by atoms with van der Waals surface area (Å²) in [7, 11) is 0. The van der Waals surface area contributed by atoms with Crippen LogP contribution in [0.1, 0.15) is 43.0 Å². The molecule has 0 spiro atoms. The molecule has 0 aliphatic rings. The summed E-state index contributed by atoms with van der Waals surface area (Å²) in [6.45, 7) is 4.52. The number of hydrogen-bond acceptors (Lipinski definition) is 4. The third-order valence-electron chi connectivity index (χ3n) is 4.62. The lowest BCUT2D eigenvalue weighted by Gasteiger charge is -2.12. The fourth-order valence-corrected chi connectivity index (χ4v) is 2.92. The molecule has 0 saturated carbocycles. The number of benzene rings is 3. The zero-order valence-electron chi connectivity index (χ0n) is 16.0. The van der Waals surface area contributed by atoms with Gasteiger partial charge in [-0.15, -0.1) is 0 Å². The third kappa shape index (κ3) is 4.46. The predicted octanol–water partition coefficient (Wildman–Crippen LogP) is 5.09. The van der Waals surface area contributed by atoms with Gasteiger partial charge in [-0.3, -0.25) is 9.59 Å².